The monoisotopic (exact) mass is 233 g/mol. The highest BCUT2D eigenvalue weighted by atomic mass is 19.1. The number of hydrogen-bond donors (Lipinski definition) is 1. The second-order valence-electron chi connectivity index (χ2n) is 4.02. The van der Waals surface area contributed by atoms with Crippen molar-refractivity contribution in [1.82, 2.24) is 9.78 Å². The van der Waals surface area contributed by atoms with Crippen molar-refractivity contribution in [3.8, 4) is 0 Å². The molecule has 0 spiro atoms. The molecule has 0 saturated carbocycles. The topological polar surface area (TPSA) is 29.9 Å². The van der Waals surface area contributed by atoms with E-state index in [9.17, 15) is 4.39 Å². The van der Waals surface area contributed by atoms with Crippen molar-refractivity contribution in [1.29, 1.82) is 0 Å². The first-order valence-corrected chi connectivity index (χ1v) is 5.70. The Morgan fingerprint density at radius 1 is 1.41 bits per heavy atom. The van der Waals surface area contributed by atoms with Crippen LogP contribution in [0.3, 0.4) is 0 Å². The van der Waals surface area contributed by atoms with Crippen molar-refractivity contribution >= 4 is 5.69 Å². The Hall–Kier alpha value is -1.84. The van der Waals surface area contributed by atoms with E-state index in [-0.39, 0.29) is 5.82 Å². The summed E-state index contributed by atoms with van der Waals surface area (Å²) in [5, 5.41) is 7.47. The lowest BCUT2D eigenvalue weighted by atomic mass is 10.2. The van der Waals surface area contributed by atoms with Gasteiger partial charge in [-0.15, -0.1) is 0 Å². The molecule has 0 radical (unpaired) electrons. The zero-order valence-corrected chi connectivity index (χ0v) is 10.1. The third-order valence-corrected chi connectivity index (χ3v) is 2.68. The SMILES string of the molecule is CCn1cc(CNc2ccc(F)cc2C)cn1. The summed E-state index contributed by atoms with van der Waals surface area (Å²) in [6.45, 7) is 5.51. The number of aromatic nitrogens is 2. The molecular weight excluding hydrogens is 217 g/mol. The Bertz CT molecular complexity index is 505. The second kappa shape index (κ2) is 4.99. The Balaban J connectivity index is 2.02. The Labute approximate surface area is 100 Å². The van der Waals surface area contributed by atoms with E-state index in [1.807, 2.05) is 30.9 Å². The van der Waals surface area contributed by atoms with Crippen molar-refractivity contribution in [3.63, 3.8) is 0 Å². The lowest BCUT2D eigenvalue weighted by molar-refractivity contribution is 0.627. The Morgan fingerprint density at radius 3 is 2.88 bits per heavy atom. The third-order valence-electron chi connectivity index (χ3n) is 2.68. The average Bonchev–Trinajstić information content (AvgIpc) is 2.76. The fourth-order valence-electron chi connectivity index (χ4n) is 1.69. The highest BCUT2D eigenvalue weighted by Crippen LogP contribution is 2.16. The Kier molecular flexibility index (Phi) is 3.42. The number of halogens is 1. The van der Waals surface area contributed by atoms with E-state index in [2.05, 4.69) is 10.4 Å². The molecule has 0 aliphatic rings. The number of anilines is 1. The van der Waals surface area contributed by atoms with Crippen LogP contribution in [-0.4, -0.2) is 9.78 Å². The zero-order chi connectivity index (χ0) is 12.3. The van der Waals surface area contributed by atoms with Crippen LogP contribution in [0, 0.1) is 12.7 Å². The van der Waals surface area contributed by atoms with Crippen LogP contribution in [-0.2, 0) is 13.1 Å². The van der Waals surface area contributed by atoms with Gasteiger partial charge in [0.2, 0.25) is 0 Å². The van der Waals surface area contributed by atoms with Gasteiger partial charge in [-0.2, -0.15) is 5.10 Å². The first-order chi connectivity index (χ1) is 8.19. The molecule has 0 aliphatic heterocycles. The maximum absolute atomic E-state index is 12.9. The summed E-state index contributed by atoms with van der Waals surface area (Å²) in [7, 11) is 0. The van der Waals surface area contributed by atoms with Crippen LogP contribution in [0.4, 0.5) is 10.1 Å². The van der Waals surface area contributed by atoms with Gasteiger partial charge in [-0.05, 0) is 37.6 Å². The van der Waals surface area contributed by atoms with Gasteiger partial charge >= 0.3 is 0 Å². The maximum Gasteiger partial charge on any atom is 0.123 e. The van der Waals surface area contributed by atoms with E-state index in [4.69, 9.17) is 0 Å². The quantitative estimate of drug-likeness (QED) is 0.879. The molecule has 90 valence electrons. The largest absolute Gasteiger partial charge is 0.381 e. The molecule has 2 aromatic rings. The second-order valence-corrected chi connectivity index (χ2v) is 4.02. The predicted octanol–water partition coefficient (Wildman–Crippen LogP) is 2.96. The van der Waals surface area contributed by atoms with E-state index in [1.165, 1.54) is 12.1 Å². The zero-order valence-electron chi connectivity index (χ0n) is 10.1. The summed E-state index contributed by atoms with van der Waals surface area (Å²) >= 11 is 0. The van der Waals surface area contributed by atoms with Crippen LogP contribution in [0.1, 0.15) is 18.1 Å². The van der Waals surface area contributed by atoms with E-state index >= 15 is 0 Å². The normalized spacial score (nSPS) is 10.5. The van der Waals surface area contributed by atoms with Crippen LogP contribution in [0.2, 0.25) is 0 Å². The molecule has 0 unspecified atom stereocenters. The molecule has 0 aliphatic carbocycles. The molecule has 0 bridgehead atoms. The van der Waals surface area contributed by atoms with E-state index < -0.39 is 0 Å². The Morgan fingerprint density at radius 2 is 2.24 bits per heavy atom. The van der Waals surface area contributed by atoms with Gasteiger partial charge in [0, 0.05) is 30.5 Å². The van der Waals surface area contributed by atoms with Gasteiger partial charge in [-0.3, -0.25) is 4.68 Å². The minimum absolute atomic E-state index is 0.202. The van der Waals surface area contributed by atoms with E-state index in [1.54, 1.807) is 6.07 Å². The molecule has 3 nitrogen and oxygen atoms in total. The summed E-state index contributed by atoms with van der Waals surface area (Å²) in [5.74, 6) is -0.202. The van der Waals surface area contributed by atoms with E-state index in [0.717, 1.165) is 23.4 Å². The minimum atomic E-state index is -0.202. The van der Waals surface area contributed by atoms with Crippen molar-refractivity contribution in [2.75, 3.05) is 5.32 Å². The molecule has 0 atom stereocenters. The summed E-state index contributed by atoms with van der Waals surface area (Å²) in [4.78, 5) is 0. The molecule has 1 aromatic carbocycles. The van der Waals surface area contributed by atoms with Crippen LogP contribution in [0.5, 0.6) is 0 Å². The minimum Gasteiger partial charge on any atom is -0.381 e. The van der Waals surface area contributed by atoms with Gasteiger partial charge in [-0.25, -0.2) is 4.39 Å². The fraction of sp³-hybridized carbons (Fsp3) is 0.308. The van der Waals surface area contributed by atoms with Crippen molar-refractivity contribution < 1.29 is 4.39 Å². The van der Waals surface area contributed by atoms with Crippen LogP contribution in [0.25, 0.3) is 0 Å². The number of aryl methyl sites for hydroxylation is 2. The molecule has 0 amide bonds. The first-order valence-electron chi connectivity index (χ1n) is 5.70. The smallest absolute Gasteiger partial charge is 0.123 e. The molecule has 0 fully saturated rings. The third kappa shape index (κ3) is 2.84. The van der Waals surface area contributed by atoms with Crippen LogP contribution >= 0.6 is 0 Å². The molecule has 1 heterocycles. The predicted molar refractivity (Wildman–Crippen MR) is 66.4 cm³/mol. The summed E-state index contributed by atoms with van der Waals surface area (Å²) in [5.41, 5.74) is 2.99. The summed E-state index contributed by atoms with van der Waals surface area (Å²) < 4.78 is 14.8. The number of nitrogens with zero attached hydrogens (tertiary/aromatic N) is 2. The fourth-order valence-corrected chi connectivity index (χ4v) is 1.69. The van der Waals surface area contributed by atoms with Crippen molar-refractivity contribution in [3.05, 3.63) is 47.5 Å². The van der Waals surface area contributed by atoms with Gasteiger partial charge in [0.1, 0.15) is 5.82 Å². The number of nitrogens with one attached hydrogen (secondary N) is 1. The van der Waals surface area contributed by atoms with Crippen LogP contribution in [0.15, 0.2) is 30.6 Å². The number of rotatable bonds is 4. The van der Waals surface area contributed by atoms with Crippen LogP contribution < -0.4 is 5.32 Å². The van der Waals surface area contributed by atoms with Crippen molar-refractivity contribution in [2.24, 2.45) is 0 Å². The average molecular weight is 233 g/mol. The number of hydrogen-bond acceptors (Lipinski definition) is 2. The number of benzene rings is 1. The first kappa shape index (κ1) is 11.6. The van der Waals surface area contributed by atoms with Gasteiger partial charge in [0.25, 0.3) is 0 Å². The molecule has 4 heteroatoms. The van der Waals surface area contributed by atoms with Gasteiger partial charge in [-0.1, -0.05) is 0 Å². The van der Waals surface area contributed by atoms with E-state index in [0.29, 0.717) is 6.54 Å². The molecular formula is C13H16FN3. The molecule has 2 rings (SSSR count). The highest BCUT2D eigenvalue weighted by molar-refractivity contribution is 5.50. The van der Waals surface area contributed by atoms with Crippen molar-refractivity contribution in [2.45, 2.75) is 26.9 Å². The lowest BCUT2D eigenvalue weighted by Crippen LogP contribution is -2.00. The molecule has 0 saturated heterocycles. The highest BCUT2D eigenvalue weighted by Gasteiger charge is 2.01. The standard InChI is InChI=1S/C13H16FN3/c1-3-17-9-11(8-16-17)7-15-13-5-4-12(14)6-10(13)2/h4-6,8-9,15H,3,7H2,1-2H3. The lowest BCUT2D eigenvalue weighted by Gasteiger charge is -2.08. The summed E-state index contributed by atoms with van der Waals surface area (Å²) in [6, 6.07) is 4.75. The van der Waals surface area contributed by atoms with Gasteiger partial charge < -0.3 is 5.32 Å². The summed E-state index contributed by atoms with van der Waals surface area (Å²) in [6.07, 6.45) is 3.85. The molecule has 17 heavy (non-hydrogen) atoms. The van der Waals surface area contributed by atoms with Gasteiger partial charge in [0.15, 0.2) is 0 Å². The maximum atomic E-state index is 12.9. The molecule has 1 aromatic heterocycles. The molecule has 1 N–H and O–H groups in total. The van der Waals surface area contributed by atoms with Gasteiger partial charge in [0.05, 0.1) is 6.20 Å².